The number of rotatable bonds is 1. The quantitative estimate of drug-likeness (QED) is 0.520. The fourth-order valence-corrected chi connectivity index (χ4v) is 4.22. The lowest BCUT2D eigenvalue weighted by molar-refractivity contribution is 0.140. The molecule has 4 atom stereocenters. The van der Waals surface area contributed by atoms with Gasteiger partial charge in [-0.1, -0.05) is 13.3 Å². The maximum atomic E-state index is 2.38. The molecule has 3 aliphatic carbocycles. The van der Waals surface area contributed by atoms with E-state index >= 15 is 0 Å². The predicted octanol–water partition coefficient (Wildman–Crippen LogP) is 2.83. The van der Waals surface area contributed by atoms with Crippen LogP contribution in [0.25, 0.3) is 0 Å². The normalized spacial score (nSPS) is 62.7. The second-order valence-electron chi connectivity index (χ2n) is 4.55. The van der Waals surface area contributed by atoms with Crippen molar-refractivity contribution >= 4 is 0 Å². The highest BCUT2D eigenvalue weighted by Gasteiger charge is 2.73. The molecule has 3 rings (SSSR count). The molecule has 0 aromatic carbocycles. The van der Waals surface area contributed by atoms with E-state index in [0.29, 0.717) is 0 Å². The van der Waals surface area contributed by atoms with E-state index < -0.39 is 0 Å². The van der Waals surface area contributed by atoms with Crippen molar-refractivity contribution in [1.82, 2.24) is 0 Å². The van der Waals surface area contributed by atoms with Crippen LogP contribution in [-0.4, -0.2) is 0 Å². The first-order valence-corrected chi connectivity index (χ1v) is 4.89. The van der Waals surface area contributed by atoms with Gasteiger partial charge < -0.3 is 0 Å². The van der Waals surface area contributed by atoms with Gasteiger partial charge >= 0.3 is 0 Å². The Morgan fingerprint density at radius 1 is 1.30 bits per heavy atom. The van der Waals surface area contributed by atoms with Crippen LogP contribution in [0.4, 0.5) is 0 Å². The van der Waals surface area contributed by atoms with Crippen molar-refractivity contribution in [2.75, 3.05) is 0 Å². The van der Waals surface area contributed by atoms with E-state index in [1.807, 2.05) is 0 Å². The summed E-state index contributed by atoms with van der Waals surface area (Å²) in [6.45, 7) is 2.38. The standard InChI is InChI=1S/C10H16/c1-2-8-9-4-3-7-5-6-10(7,8)9/h7-9H,2-6H2,1H3. The van der Waals surface area contributed by atoms with E-state index in [4.69, 9.17) is 0 Å². The van der Waals surface area contributed by atoms with Crippen LogP contribution in [0.15, 0.2) is 0 Å². The van der Waals surface area contributed by atoms with Gasteiger partial charge in [0.15, 0.2) is 0 Å². The minimum absolute atomic E-state index is 0.967. The van der Waals surface area contributed by atoms with Crippen molar-refractivity contribution in [1.29, 1.82) is 0 Å². The lowest BCUT2D eigenvalue weighted by atomic mass is 9.69. The van der Waals surface area contributed by atoms with Crippen molar-refractivity contribution in [2.45, 2.75) is 39.0 Å². The van der Waals surface area contributed by atoms with Crippen LogP contribution in [0.1, 0.15) is 39.0 Å². The minimum Gasteiger partial charge on any atom is -0.0651 e. The minimum atomic E-state index is 0.967. The van der Waals surface area contributed by atoms with E-state index in [-0.39, 0.29) is 0 Å². The highest BCUT2D eigenvalue weighted by atomic mass is 14.8. The maximum Gasteiger partial charge on any atom is -0.0207 e. The molecule has 0 aromatic rings. The van der Waals surface area contributed by atoms with Gasteiger partial charge in [0.1, 0.15) is 0 Å². The Labute approximate surface area is 63.0 Å². The van der Waals surface area contributed by atoms with Crippen LogP contribution in [0, 0.1) is 23.2 Å². The summed E-state index contributed by atoms with van der Waals surface area (Å²) < 4.78 is 0. The molecule has 10 heavy (non-hydrogen) atoms. The number of hydrogen-bond acceptors (Lipinski definition) is 0. The van der Waals surface area contributed by atoms with Gasteiger partial charge in [-0.05, 0) is 48.9 Å². The smallest absolute Gasteiger partial charge is 0.0207 e. The molecule has 0 radical (unpaired) electrons. The summed E-state index contributed by atoms with van der Waals surface area (Å²) in [5, 5.41) is 0. The Hall–Kier alpha value is 0. The van der Waals surface area contributed by atoms with Gasteiger partial charge in [-0.25, -0.2) is 0 Å². The lowest BCUT2D eigenvalue weighted by Gasteiger charge is -2.36. The van der Waals surface area contributed by atoms with Gasteiger partial charge in [0.25, 0.3) is 0 Å². The Morgan fingerprint density at radius 3 is 2.60 bits per heavy atom. The molecule has 4 unspecified atom stereocenters. The van der Waals surface area contributed by atoms with Crippen LogP contribution < -0.4 is 0 Å². The fourth-order valence-electron chi connectivity index (χ4n) is 4.22. The van der Waals surface area contributed by atoms with Crippen molar-refractivity contribution in [3.8, 4) is 0 Å². The molecule has 56 valence electrons. The molecule has 0 aromatic heterocycles. The van der Waals surface area contributed by atoms with Crippen LogP contribution in [0.5, 0.6) is 0 Å². The summed E-state index contributed by atoms with van der Waals surface area (Å²) in [6.07, 6.45) is 7.82. The summed E-state index contributed by atoms with van der Waals surface area (Å²) >= 11 is 0. The third kappa shape index (κ3) is 0.360. The van der Waals surface area contributed by atoms with Crippen LogP contribution in [0.3, 0.4) is 0 Å². The average Bonchev–Trinajstić information content (AvgIpc) is 2.50. The average molecular weight is 136 g/mol. The van der Waals surface area contributed by atoms with Crippen molar-refractivity contribution < 1.29 is 0 Å². The first-order chi connectivity index (χ1) is 4.89. The Balaban J connectivity index is 1.89. The Kier molecular flexibility index (Phi) is 0.810. The molecule has 0 saturated heterocycles. The molecule has 0 heterocycles. The molecule has 0 heteroatoms. The second-order valence-corrected chi connectivity index (χ2v) is 4.55. The molecule has 1 spiro atoms. The third-order valence-corrected chi connectivity index (χ3v) is 4.71. The molecule has 3 fully saturated rings. The SMILES string of the molecule is CCC1C2CCC3CCC312. The van der Waals surface area contributed by atoms with E-state index in [0.717, 1.165) is 5.41 Å². The van der Waals surface area contributed by atoms with Gasteiger partial charge in [0.2, 0.25) is 0 Å². The Bertz CT molecular complexity index is 167. The van der Waals surface area contributed by atoms with Gasteiger partial charge in [-0.15, -0.1) is 0 Å². The van der Waals surface area contributed by atoms with E-state index in [2.05, 4.69) is 6.92 Å². The topological polar surface area (TPSA) is 0 Å². The Morgan fingerprint density at radius 2 is 2.20 bits per heavy atom. The van der Waals surface area contributed by atoms with Crippen molar-refractivity contribution in [3.05, 3.63) is 0 Å². The zero-order chi connectivity index (χ0) is 6.77. The largest absolute Gasteiger partial charge is 0.0651 e. The summed E-state index contributed by atoms with van der Waals surface area (Å²) in [5.41, 5.74) is 0.967. The van der Waals surface area contributed by atoms with E-state index in [1.165, 1.54) is 24.2 Å². The molecule has 0 bridgehead atoms. The summed E-state index contributed by atoms with van der Waals surface area (Å²) in [7, 11) is 0. The molecule has 0 aliphatic heterocycles. The first kappa shape index (κ1) is 5.62. The molecule has 0 nitrogen and oxygen atoms in total. The molecule has 3 aliphatic rings. The van der Waals surface area contributed by atoms with Gasteiger partial charge in [-0.2, -0.15) is 0 Å². The third-order valence-electron chi connectivity index (χ3n) is 4.71. The maximum absolute atomic E-state index is 2.38. The molecule has 0 amide bonds. The molecule has 3 saturated carbocycles. The summed E-state index contributed by atoms with van der Waals surface area (Å²) in [5.74, 6) is 3.58. The highest BCUT2D eigenvalue weighted by molar-refractivity contribution is 5.21. The molecular formula is C10H16. The predicted molar refractivity (Wildman–Crippen MR) is 41.7 cm³/mol. The van der Waals surface area contributed by atoms with Gasteiger partial charge in [0.05, 0.1) is 0 Å². The second kappa shape index (κ2) is 1.44. The van der Waals surface area contributed by atoms with Crippen LogP contribution in [0.2, 0.25) is 0 Å². The molecular weight excluding hydrogens is 120 g/mol. The zero-order valence-corrected chi connectivity index (χ0v) is 6.77. The lowest BCUT2D eigenvalue weighted by Crippen LogP contribution is -2.27. The number of hydrogen-bond donors (Lipinski definition) is 0. The van der Waals surface area contributed by atoms with Crippen molar-refractivity contribution in [3.63, 3.8) is 0 Å². The highest BCUT2D eigenvalue weighted by Crippen LogP contribution is 2.80. The molecule has 0 N–H and O–H groups in total. The summed E-state index contributed by atoms with van der Waals surface area (Å²) in [6, 6.07) is 0. The first-order valence-electron chi connectivity index (χ1n) is 4.89. The zero-order valence-electron chi connectivity index (χ0n) is 6.77. The summed E-state index contributed by atoms with van der Waals surface area (Å²) in [4.78, 5) is 0. The van der Waals surface area contributed by atoms with Gasteiger partial charge in [-0.3, -0.25) is 0 Å². The van der Waals surface area contributed by atoms with E-state index in [9.17, 15) is 0 Å². The van der Waals surface area contributed by atoms with Crippen LogP contribution in [-0.2, 0) is 0 Å². The van der Waals surface area contributed by atoms with Crippen molar-refractivity contribution in [2.24, 2.45) is 23.2 Å². The van der Waals surface area contributed by atoms with Gasteiger partial charge in [0, 0.05) is 0 Å². The fraction of sp³-hybridized carbons (Fsp3) is 1.00. The van der Waals surface area contributed by atoms with E-state index in [1.54, 1.807) is 25.7 Å². The van der Waals surface area contributed by atoms with Crippen LogP contribution >= 0.6 is 0 Å². The monoisotopic (exact) mass is 136 g/mol.